The van der Waals surface area contributed by atoms with Gasteiger partial charge in [-0.15, -0.1) is 0 Å². The van der Waals surface area contributed by atoms with Gasteiger partial charge in [0.25, 0.3) is 0 Å². The first kappa shape index (κ1) is 39.1. The minimum atomic E-state index is -0.592. The van der Waals surface area contributed by atoms with E-state index in [-0.39, 0.29) is 82.9 Å². The van der Waals surface area contributed by atoms with E-state index in [2.05, 4.69) is 27.4 Å². The second-order valence-electron chi connectivity index (χ2n) is 17.1. The van der Waals surface area contributed by atoms with Crippen molar-refractivity contribution in [1.29, 1.82) is 0 Å². The fourth-order valence-electron chi connectivity index (χ4n) is 8.25. The summed E-state index contributed by atoms with van der Waals surface area (Å²) in [6.45, 7) is 25.7. The van der Waals surface area contributed by atoms with Crippen LogP contribution in [0.1, 0.15) is 147 Å². The number of hydrogen-bond acceptors (Lipinski definition) is 6. The first-order valence-corrected chi connectivity index (χ1v) is 17.6. The van der Waals surface area contributed by atoms with Gasteiger partial charge in [-0.1, -0.05) is 74.3 Å². The van der Waals surface area contributed by atoms with Crippen LogP contribution in [0.4, 0.5) is 0 Å². The summed E-state index contributed by atoms with van der Waals surface area (Å²) in [6.07, 6.45) is 6.13. The summed E-state index contributed by atoms with van der Waals surface area (Å²) < 4.78 is 5.72. The monoisotopic (exact) mass is 628 g/mol. The lowest BCUT2D eigenvalue weighted by molar-refractivity contribution is -0.162. The molecule has 45 heavy (non-hydrogen) atoms. The molecule has 0 heterocycles. The molecule has 0 aromatic carbocycles. The molecule has 0 saturated heterocycles. The Balaban J connectivity index is 2.42. The van der Waals surface area contributed by atoms with Crippen LogP contribution in [0.2, 0.25) is 0 Å². The summed E-state index contributed by atoms with van der Waals surface area (Å²) in [7, 11) is 0. The molecular formula is C39H64O6. The van der Waals surface area contributed by atoms with E-state index >= 15 is 0 Å². The van der Waals surface area contributed by atoms with Crippen LogP contribution in [0.15, 0.2) is 12.2 Å². The topological polar surface area (TPSA) is 94.6 Å². The van der Waals surface area contributed by atoms with Crippen LogP contribution in [0.25, 0.3) is 0 Å². The van der Waals surface area contributed by atoms with Crippen LogP contribution in [-0.4, -0.2) is 34.7 Å². The third-order valence-electron chi connectivity index (χ3n) is 10.5. The number of ketones is 4. The van der Waals surface area contributed by atoms with Gasteiger partial charge in [0, 0.05) is 37.5 Å². The second kappa shape index (κ2) is 15.7. The van der Waals surface area contributed by atoms with Crippen molar-refractivity contribution in [2.45, 2.75) is 152 Å². The summed E-state index contributed by atoms with van der Waals surface area (Å²) in [5.74, 6) is -1.45. The van der Waals surface area contributed by atoms with Crippen molar-refractivity contribution in [3.05, 3.63) is 12.2 Å². The van der Waals surface area contributed by atoms with Gasteiger partial charge in [-0.3, -0.25) is 24.0 Å². The average Bonchev–Trinajstić information content (AvgIpc) is 3.46. The highest BCUT2D eigenvalue weighted by Crippen LogP contribution is 2.64. The lowest BCUT2D eigenvalue weighted by Crippen LogP contribution is -2.37. The molecule has 0 bridgehead atoms. The molecule has 0 aromatic heterocycles. The molecule has 0 N–H and O–H groups in total. The van der Waals surface area contributed by atoms with Crippen LogP contribution in [0, 0.1) is 52.3 Å². The van der Waals surface area contributed by atoms with Crippen molar-refractivity contribution in [3.8, 4) is 0 Å². The Morgan fingerprint density at radius 1 is 0.889 bits per heavy atom. The van der Waals surface area contributed by atoms with E-state index in [1.54, 1.807) is 0 Å². The van der Waals surface area contributed by atoms with Gasteiger partial charge < -0.3 is 4.74 Å². The van der Waals surface area contributed by atoms with E-state index in [0.717, 1.165) is 32.1 Å². The van der Waals surface area contributed by atoms with Crippen molar-refractivity contribution in [2.75, 3.05) is 0 Å². The van der Waals surface area contributed by atoms with Crippen LogP contribution in [0.3, 0.4) is 0 Å². The van der Waals surface area contributed by atoms with Crippen LogP contribution >= 0.6 is 0 Å². The first-order chi connectivity index (χ1) is 20.6. The van der Waals surface area contributed by atoms with Crippen LogP contribution in [0.5, 0.6) is 0 Å². The smallest absolute Gasteiger partial charge is 0.309 e. The average molecular weight is 629 g/mol. The molecule has 2 rings (SSSR count). The predicted molar refractivity (Wildman–Crippen MR) is 180 cm³/mol. The Bertz CT molecular complexity index is 1100. The van der Waals surface area contributed by atoms with Crippen molar-refractivity contribution < 1.29 is 28.7 Å². The van der Waals surface area contributed by atoms with E-state index in [0.29, 0.717) is 30.8 Å². The Labute approximate surface area is 274 Å². The van der Waals surface area contributed by atoms with Gasteiger partial charge in [-0.2, -0.15) is 0 Å². The Hall–Kier alpha value is -2.11. The zero-order chi connectivity index (χ0) is 34.5. The van der Waals surface area contributed by atoms with E-state index < -0.39 is 17.4 Å². The Morgan fingerprint density at radius 3 is 1.98 bits per heavy atom. The predicted octanol–water partition coefficient (Wildman–Crippen LogP) is 8.92. The standard InChI is InChI=1S/C39H64O6/c1-13-16-26(24(3)25(4)40)20-33(42)31(35-32(14-2)39(35,11)12)22-34(43)30(21-29(41)23-37(5,6)7)27-17-15-18-28(19-27)36(44)45-38(8,9)10/h26-28,30-32,35H,3,13-23H2,1-2,4-12H3/t26?,27?,28-,30+,31?,32?,35?/m0/s1. The summed E-state index contributed by atoms with van der Waals surface area (Å²) in [6, 6.07) is 0. The van der Waals surface area contributed by atoms with Crippen molar-refractivity contribution in [3.63, 3.8) is 0 Å². The maximum absolute atomic E-state index is 14.5. The molecule has 256 valence electrons. The van der Waals surface area contributed by atoms with Crippen molar-refractivity contribution in [1.82, 2.24) is 0 Å². The molecule has 0 amide bonds. The fourth-order valence-corrected chi connectivity index (χ4v) is 8.25. The maximum Gasteiger partial charge on any atom is 0.309 e. The highest BCUT2D eigenvalue weighted by Gasteiger charge is 2.61. The van der Waals surface area contributed by atoms with Crippen molar-refractivity contribution >= 4 is 29.1 Å². The summed E-state index contributed by atoms with van der Waals surface area (Å²) in [4.78, 5) is 67.3. The summed E-state index contributed by atoms with van der Waals surface area (Å²) >= 11 is 0. The molecule has 0 aliphatic heterocycles. The normalized spacial score (nSPS) is 25.0. The lowest BCUT2D eigenvalue weighted by Gasteiger charge is -2.35. The van der Waals surface area contributed by atoms with E-state index in [1.165, 1.54) is 6.92 Å². The second-order valence-corrected chi connectivity index (χ2v) is 17.1. The number of rotatable bonds is 17. The zero-order valence-corrected chi connectivity index (χ0v) is 30.5. The molecule has 2 fully saturated rings. The third kappa shape index (κ3) is 11.3. The van der Waals surface area contributed by atoms with Crippen LogP contribution in [-0.2, 0) is 28.7 Å². The quantitative estimate of drug-likeness (QED) is 0.118. The Kier molecular flexibility index (Phi) is 13.6. The Morgan fingerprint density at radius 2 is 1.49 bits per heavy atom. The van der Waals surface area contributed by atoms with Gasteiger partial charge >= 0.3 is 5.97 Å². The number of carbonyl (C=O) groups is 5. The minimum absolute atomic E-state index is 0.0274. The molecule has 0 spiro atoms. The molecule has 7 atom stereocenters. The lowest BCUT2D eigenvalue weighted by atomic mass is 9.69. The SMILES string of the molecule is C=C(C(C)=O)C(CCC)CC(=O)C(CC(=O)[C@H](CC(=O)CC(C)(C)C)C1CCC[C@H](C(=O)OC(C)(C)C)C1)C1C(CC)C1(C)C. The minimum Gasteiger partial charge on any atom is -0.460 e. The van der Waals surface area contributed by atoms with Gasteiger partial charge in [0.2, 0.25) is 0 Å². The van der Waals surface area contributed by atoms with Crippen molar-refractivity contribution in [2.24, 2.45) is 52.3 Å². The molecule has 0 radical (unpaired) electrons. The number of carbonyl (C=O) groups excluding carboxylic acids is 5. The van der Waals surface area contributed by atoms with Crippen LogP contribution < -0.4 is 0 Å². The molecule has 0 aromatic rings. The summed E-state index contributed by atoms with van der Waals surface area (Å²) in [5.41, 5.74) is -0.365. The highest BCUT2D eigenvalue weighted by molar-refractivity contribution is 5.95. The number of esters is 1. The molecule has 6 heteroatoms. The number of ether oxygens (including phenoxy) is 1. The molecule has 2 aliphatic carbocycles. The number of allylic oxidation sites excluding steroid dienone is 1. The highest BCUT2D eigenvalue weighted by atomic mass is 16.6. The van der Waals surface area contributed by atoms with E-state index in [4.69, 9.17) is 4.74 Å². The van der Waals surface area contributed by atoms with Gasteiger partial charge in [-0.25, -0.2) is 0 Å². The molecule has 2 aliphatic rings. The molecular weight excluding hydrogens is 564 g/mol. The van der Waals surface area contributed by atoms with Gasteiger partial charge in [0.1, 0.15) is 23.0 Å². The first-order valence-electron chi connectivity index (χ1n) is 17.6. The zero-order valence-electron chi connectivity index (χ0n) is 30.5. The molecule has 6 nitrogen and oxygen atoms in total. The molecule has 5 unspecified atom stereocenters. The molecule has 2 saturated carbocycles. The van der Waals surface area contributed by atoms with Gasteiger partial charge in [0.15, 0.2) is 5.78 Å². The van der Waals surface area contributed by atoms with Gasteiger partial charge in [0.05, 0.1) is 5.92 Å². The largest absolute Gasteiger partial charge is 0.460 e. The van der Waals surface area contributed by atoms with E-state index in [9.17, 15) is 24.0 Å². The summed E-state index contributed by atoms with van der Waals surface area (Å²) in [5, 5.41) is 0. The number of hydrogen-bond donors (Lipinski definition) is 0. The van der Waals surface area contributed by atoms with E-state index in [1.807, 2.05) is 48.5 Å². The van der Waals surface area contributed by atoms with Gasteiger partial charge in [-0.05, 0) is 93.5 Å². The fraction of sp³-hybridized carbons (Fsp3) is 0.821. The maximum atomic E-state index is 14.5. The number of Topliss-reactive ketones (excluding diaryl/α,β-unsaturated/α-hetero) is 4. The third-order valence-corrected chi connectivity index (χ3v) is 10.5.